The van der Waals surface area contributed by atoms with Crippen molar-refractivity contribution in [3.05, 3.63) is 64.1 Å². The van der Waals surface area contributed by atoms with Gasteiger partial charge in [0.25, 0.3) is 10.1 Å². The highest BCUT2D eigenvalue weighted by Gasteiger charge is 2.38. The Morgan fingerprint density at radius 3 is 2.35 bits per heavy atom. The zero-order valence-corrected chi connectivity index (χ0v) is 20.7. The second-order valence-electron chi connectivity index (χ2n) is 8.41. The molecule has 2 aromatic rings. The van der Waals surface area contributed by atoms with Crippen LogP contribution in [-0.4, -0.2) is 28.1 Å². The maximum Gasteiger partial charge on any atom is 0.315 e. The Bertz CT molecular complexity index is 1100. The van der Waals surface area contributed by atoms with Crippen molar-refractivity contribution in [1.29, 1.82) is 0 Å². The second kappa shape index (κ2) is 10.3. The number of hydrogen-bond acceptors (Lipinski definition) is 5. The summed E-state index contributed by atoms with van der Waals surface area (Å²) >= 11 is 3.35. The number of carbonyl (C=O) groups is 1. The monoisotopic (exact) mass is 513 g/mol. The summed E-state index contributed by atoms with van der Waals surface area (Å²) in [5.41, 5.74) is -1.10. The van der Waals surface area contributed by atoms with E-state index in [0.29, 0.717) is 22.9 Å². The first-order valence-electron chi connectivity index (χ1n) is 11.5. The molecule has 0 bridgehead atoms. The molecule has 0 saturated carbocycles. The van der Waals surface area contributed by atoms with Crippen molar-refractivity contribution in [2.24, 2.45) is 5.41 Å². The van der Waals surface area contributed by atoms with Crippen LogP contribution in [0.5, 0.6) is 0 Å². The van der Waals surface area contributed by atoms with E-state index in [2.05, 4.69) is 15.9 Å². The second-order valence-corrected chi connectivity index (χ2v) is 10.9. The molecule has 0 fully saturated rings. The molecule has 7 heteroatoms. The average Bonchev–Trinajstić information content (AvgIpc) is 2.73. The molecule has 170 valence electrons. The van der Waals surface area contributed by atoms with E-state index in [1.165, 1.54) is 19.2 Å². The van der Waals surface area contributed by atoms with Gasteiger partial charge >= 0.3 is 5.97 Å². The summed E-state index contributed by atoms with van der Waals surface area (Å²) in [7, 11) is -2.72. The fourth-order valence-corrected chi connectivity index (χ4v) is 4.45. The zero-order valence-electron chi connectivity index (χ0n) is 21.3. The van der Waals surface area contributed by atoms with Crippen LogP contribution in [0.3, 0.4) is 0 Å². The number of esters is 1. The molecular weight excluding hydrogens is 480 g/mol. The van der Waals surface area contributed by atoms with Gasteiger partial charge in [-0.05, 0) is 68.3 Å². The Kier molecular flexibility index (Phi) is 7.02. The largest absolute Gasteiger partial charge is 0.468 e. The molecule has 0 aromatic heterocycles. The quantitative estimate of drug-likeness (QED) is 0.297. The van der Waals surface area contributed by atoms with Gasteiger partial charge in [-0.15, -0.1) is 0 Å². The summed E-state index contributed by atoms with van der Waals surface area (Å²) in [4.78, 5) is 13.0. The molecule has 0 spiro atoms. The standard InChI is InChI=1S/C24H31BrO5S/c1-18-9-11-21(12-10-18)31(27,28)30-16-15-23(2,3)13-14-24(4,22(26)29-5)19-7-6-8-20(25)17-19/h6-12,17H,13-16H2,1-5H3/i4D3. The van der Waals surface area contributed by atoms with Crippen molar-refractivity contribution in [1.82, 2.24) is 0 Å². The van der Waals surface area contributed by atoms with Crippen LogP contribution in [0, 0.1) is 12.3 Å². The molecule has 0 aliphatic heterocycles. The van der Waals surface area contributed by atoms with Crippen molar-refractivity contribution < 1.29 is 26.2 Å². The van der Waals surface area contributed by atoms with Gasteiger partial charge in [0.2, 0.25) is 0 Å². The number of halogens is 1. The normalized spacial score (nSPS) is 16.0. The van der Waals surface area contributed by atoms with Gasteiger partial charge in [-0.3, -0.25) is 8.98 Å². The summed E-state index contributed by atoms with van der Waals surface area (Å²) in [5.74, 6) is -0.834. The number of methoxy groups -OCH3 is 1. The van der Waals surface area contributed by atoms with E-state index in [4.69, 9.17) is 13.0 Å². The topological polar surface area (TPSA) is 69.7 Å². The minimum Gasteiger partial charge on any atom is -0.468 e. The lowest BCUT2D eigenvalue weighted by Crippen LogP contribution is -2.35. The molecular formula is C24H31BrO5S. The van der Waals surface area contributed by atoms with Crippen LogP contribution in [0.2, 0.25) is 0 Å². The maximum absolute atomic E-state index is 12.9. The zero-order chi connectivity index (χ0) is 25.8. The highest BCUT2D eigenvalue weighted by atomic mass is 79.9. The van der Waals surface area contributed by atoms with Crippen molar-refractivity contribution in [3.63, 3.8) is 0 Å². The van der Waals surface area contributed by atoms with Crippen molar-refractivity contribution in [3.8, 4) is 0 Å². The van der Waals surface area contributed by atoms with E-state index in [9.17, 15) is 13.2 Å². The molecule has 0 saturated heterocycles. The van der Waals surface area contributed by atoms with Gasteiger partial charge in [-0.1, -0.05) is 59.6 Å². The lowest BCUT2D eigenvalue weighted by Gasteiger charge is -2.32. The summed E-state index contributed by atoms with van der Waals surface area (Å²) in [6.07, 6.45) is 0.653. The van der Waals surface area contributed by atoms with Gasteiger partial charge in [-0.2, -0.15) is 8.42 Å². The van der Waals surface area contributed by atoms with Crippen molar-refractivity contribution in [2.75, 3.05) is 13.7 Å². The van der Waals surface area contributed by atoms with Gasteiger partial charge in [0.05, 0.1) is 24.0 Å². The molecule has 0 heterocycles. The van der Waals surface area contributed by atoms with E-state index < -0.39 is 33.8 Å². The third-order valence-electron chi connectivity index (χ3n) is 5.36. The first kappa shape index (κ1) is 21.2. The Morgan fingerprint density at radius 1 is 1.10 bits per heavy atom. The molecule has 1 unspecified atom stereocenters. The van der Waals surface area contributed by atoms with Crippen LogP contribution in [-0.2, 0) is 29.2 Å². The lowest BCUT2D eigenvalue weighted by molar-refractivity contribution is -0.147. The Hall–Kier alpha value is -1.70. The van der Waals surface area contributed by atoms with Crippen molar-refractivity contribution >= 4 is 32.0 Å². The van der Waals surface area contributed by atoms with E-state index in [1.54, 1.807) is 36.4 Å². The number of rotatable bonds is 10. The molecule has 0 radical (unpaired) electrons. The summed E-state index contributed by atoms with van der Waals surface area (Å²) in [6, 6.07) is 13.0. The SMILES string of the molecule is [2H]C([2H])([2H])C(CCC(C)(C)CCOS(=O)(=O)c1ccc(C)cc1)(C(=O)OC)c1cccc(Br)c1. The number of hydrogen-bond donors (Lipinski definition) is 0. The van der Waals surface area contributed by atoms with Crippen molar-refractivity contribution in [2.45, 2.75) is 57.2 Å². The molecule has 2 aromatic carbocycles. The predicted molar refractivity (Wildman–Crippen MR) is 125 cm³/mol. The summed E-state index contributed by atoms with van der Waals surface area (Å²) in [5, 5.41) is 0. The van der Waals surface area contributed by atoms with Gasteiger partial charge in [0, 0.05) is 8.58 Å². The minimum absolute atomic E-state index is 0.00958. The fourth-order valence-electron chi connectivity index (χ4n) is 3.14. The van der Waals surface area contributed by atoms with Crippen LogP contribution in [0.1, 0.15) is 55.2 Å². The number of ether oxygens (including phenoxy) is 1. The Balaban J connectivity index is 2.20. The molecule has 5 nitrogen and oxygen atoms in total. The first-order chi connectivity index (χ1) is 15.6. The van der Waals surface area contributed by atoms with Gasteiger partial charge in [0.1, 0.15) is 0 Å². The van der Waals surface area contributed by atoms with Crippen LogP contribution in [0.4, 0.5) is 0 Å². The molecule has 1 atom stereocenters. The Morgan fingerprint density at radius 2 is 1.77 bits per heavy atom. The predicted octanol–water partition coefficient (Wildman–Crippen LogP) is 5.79. The Labute approximate surface area is 198 Å². The number of carbonyl (C=O) groups excluding carboxylic acids is 1. The van der Waals surface area contributed by atoms with E-state index in [1.807, 2.05) is 20.8 Å². The molecule has 0 aliphatic rings. The molecule has 0 aliphatic carbocycles. The number of benzene rings is 2. The molecule has 0 N–H and O–H groups in total. The highest BCUT2D eigenvalue weighted by Crippen LogP contribution is 2.37. The third-order valence-corrected chi connectivity index (χ3v) is 7.17. The maximum atomic E-state index is 12.9. The van der Waals surface area contributed by atoms with E-state index in [-0.39, 0.29) is 17.9 Å². The minimum atomic E-state index is -3.90. The van der Waals surface area contributed by atoms with E-state index >= 15 is 0 Å². The van der Waals surface area contributed by atoms with Gasteiger partial charge in [0.15, 0.2) is 0 Å². The average molecular weight is 514 g/mol. The molecule has 31 heavy (non-hydrogen) atoms. The van der Waals surface area contributed by atoms with Crippen LogP contribution in [0.25, 0.3) is 0 Å². The van der Waals surface area contributed by atoms with Crippen LogP contribution < -0.4 is 0 Å². The summed E-state index contributed by atoms with van der Waals surface area (Å²) < 4.78 is 60.5. The molecule has 2 rings (SSSR count). The summed E-state index contributed by atoms with van der Waals surface area (Å²) in [6.45, 7) is 2.90. The van der Waals surface area contributed by atoms with Gasteiger partial charge < -0.3 is 4.74 Å². The van der Waals surface area contributed by atoms with E-state index in [0.717, 1.165) is 5.56 Å². The number of aryl methyl sites for hydroxylation is 1. The first-order valence-corrected chi connectivity index (χ1v) is 12.2. The van der Waals surface area contributed by atoms with Crippen LogP contribution in [0.15, 0.2) is 57.9 Å². The fraction of sp³-hybridized carbons (Fsp3) is 0.458. The highest BCUT2D eigenvalue weighted by molar-refractivity contribution is 9.10. The third kappa shape index (κ3) is 6.89. The lowest BCUT2D eigenvalue weighted by atomic mass is 9.73. The van der Waals surface area contributed by atoms with Crippen LogP contribution >= 0.6 is 15.9 Å². The smallest absolute Gasteiger partial charge is 0.315 e. The van der Waals surface area contributed by atoms with Gasteiger partial charge in [-0.25, -0.2) is 0 Å². The molecule has 0 amide bonds.